The number of ether oxygens (including phenoxy) is 1. The minimum absolute atomic E-state index is 0.00376. The number of amides is 1. The lowest BCUT2D eigenvalue weighted by Crippen LogP contribution is -2.47. The zero-order chi connectivity index (χ0) is 16.0. The molecule has 0 radical (unpaired) electrons. The molecule has 1 aromatic rings. The average Bonchev–Trinajstić information content (AvgIpc) is 2.54. The summed E-state index contributed by atoms with van der Waals surface area (Å²) in [4.78, 5) is 15.9. The summed E-state index contributed by atoms with van der Waals surface area (Å²) in [6, 6.07) is 3.40. The number of aromatic nitrogens is 1. The summed E-state index contributed by atoms with van der Waals surface area (Å²) in [5.41, 5.74) is 0.512. The van der Waals surface area contributed by atoms with Crippen molar-refractivity contribution in [1.29, 1.82) is 0 Å². The molecule has 122 valence electrons. The van der Waals surface area contributed by atoms with Gasteiger partial charge in [0.2, 0.25) is 10.0 Å². The summed E-state index contributed by atoms with van der Waals surface area (Å²) in [7, 11) is -1.78. The molecule has 8 heteroatoms. The molecule has 1 aliphatic heterocycles. The van der Waals surface area contributed by atoms with Gasteiger partial charge in [0, 0.05) is 38.6 Å². The van der Waals surface area contributed by atoms with Crippen molar-refractivity contribution >= 4 is 15.9 Å². The molecule has 0 atom stereocenters. The van der Waals surface area contributed by atoms with Gasteiger partial charge in [0.1, 0.15) is 0 Å². The van der Waals surface area contributed by atoms with Gasteiger partial charge >= 0.3 is 0 Å². The van der Waals surface area contributed by atoms with Crippen LogP contribution in [0.3, 0.4) is 0 Å². The van der Waals surface area contributed by atoms with Gasteiger partial charge in [-0.05, 0) is 25.0 Å². The van der Waals surface area contributed by atoms with Crippen molar-refractivity contribution in [3.63, 3.8) is 0 Å². The number of rotatable bonds is 6. The molecule has 0 bridgehead atoms. The molecule has 1 amide bonds. The predicted octanol–water partition coefficient (Wildman–Crippen LogP) is 0.252. The van der Waals surface area contributed by atoms with Gasteiger partial charge in [-0.3, -0.25) is 9.78 Å². The maximum Gasteiger partial charge on any atom is 0.253 e. The van der Waals surface area contributed by atoms with E-state index in [1.165, 1.54) is 17.6 Å². The molecule has 1 fully saturated rings. The van der Waals surface area contributed by atoms with Crippen LogP contribution < -0.4 is 5.32 Å². The normalized spacial score (nSPS) is 17.3. The number of piperidine rings is 1. The average molecular weight is 327 g/mol. The summed E-state index contributed by atoms with van der Waals surface area (Å²) in [5, 5.41) is 2.93. The van der Waals surface area contributed by atoms with E-state index in [0.29, 0.717) is 31.5 Å². The summed E-state index contributed by atoms with van der Waals surface area (Å²) in [6.07, 6.45) is 4.34. The smallest absolute Gasteiger partial charge is 0.253 e. The second kappa shape index (κ2) is 7.66. The third kappa shape index (κ3) is 4.49. The molecule has 0 saturated carbocycles. The highest BCUT2D eigenvalue weighted by Crippen LogP contribution is 2.15. The molecule has 1 aromatic heterocycles. The monoisotopic (exact) mass is 327 g/mol. The molecule has 0 unspecified atom stereocenters. The highest BCUT2D eigenvalue weighted by Gasteiger charge is 2.28. The van der Waals surface area contributed by atoms with Crippen molar-refractivity contribution in [3.05, 3.63) is 30.1 Å². The molecular weight excluding hydrogens is 306 g/mol. The first kappa shape index (κ1) is 16.9. The van der Waals surface area contributed by atoms with Crippen LogP contribution in [0.2, 0.25) is 0 Å². The van der Waals surface area contributed by atoms with Gasteiger partial charge in [0.25, 0.3) is 5.91 Å². The summed E-state index contributed by atoms with van der Waals surface area (Å²) >= 11 is 0. The van der Waals surface area contributed by atoms with Crippen LogP contribution in [0.4, 0.5) is 0 Å². The number of nitrogens with zero attached hydrogens (tertiary/aromatic N) is 2. The largest absolute Gasteiger partial charge is 0.384 e. The number of carbonyl (C=O) groups excluding carboxylic acids is 1. The Morgan fingerprint density at radius 1 is 1.45 bits per heavy atom. The summed E-state index contributed by atoms with van der Waals surface area (Å²) < 4.78 is 30.4. The van der Waals surface area contributed by atoms with Gasteiger partial charge in [-0.15, -0.1) is 0 Å². The van der Waals surface area contributed by atoms with Crippen LogP contribution in [0, 0.1) is 0 Å². The Hall–Kier alpha value is -1.51. The van der Waals surface area contributed by atoms with E-state index in [1.54, 1.807) is 18.3 Å². The quantitative estimate of drug-likeness (QED) is 0.809. The molecular formula is C14H21N3O4S. The van der Waals surface area contributed by atoms with E-state index >= 15 is 0 Å². The highest BCUT2D eigenvalue weighted by atomic mass is 32.2. The van der Waals surface area contributed by atoms with Crippen molar-refractivity contribution in [2.24, 2.45) is 0 Å². The Bertz CT molecular complexity index is 583. The molecule has 0 spiro atoms. The van der Waals surface area contributed by atoms with Crippen LogP contribution in [-0.2, 0) is 14.8 Å². The third-order valence-electron chi connectivity index (χ3n) is 3.65. The Morgan fingerprint density at radius 2 is 2.18 bits per heavy atom. The SMILES string of the molecule is COCCS(=O)(=O)N1CCC(NC(=O)c2cccnc2)CC1. The molecule has 0 aromatic carbocycles. The zero-order valence-corrected chi connectivity index (χ0v) is 13.4. The second-order valence-electron chi connectivity index (χ2n) is 5.20. The van der Waals surface area contributed by atoms with Crippen molar-refractivity contribution in [1.82, 2.24) is 14.6 Å². The van der Waals surface area contributed by atoms with E-state index in [-0.39, 0.29) is 24.3 Å². The standard InChI is InChI=1S/C14H21N3O4S/c1-21-9-10-22(19,20)17-7-4-13(5-8-17)16-14(18)12-3-2-6-15-11-12/h2-3,6,11,13H,4-5,7-10H2,1H3,(H,16,18). The van der Waals surface area contributed by atoms with Gasteiger partial charge in [-0.1, -0.05) is 0 Å². The van der Waals surface area contributed by atoms with Gasteiger partial charge in [0.15, 0.2) is 0 Å². The molecule has 22 heavy (non-hydrogen) atoms. The topological polar surface area (TPSA) is 88.6 Å². The number of hydrogen-bond donors (Lipinski definition) is 1. The Balaban J connectivity index is 1.84. The lowest BCUT2D eigenvalue weighted by atomic mass is 10.1. The Kier molecular flexibility index (Phi) is 5.87. The van der Waals surface area contributed by atoms with Gasteiger partial charge in [-0.2, -0.15) is 0 Å². The van der Waals surface area contributed by atoms with Crippen molar-refractivity contribution in [2.75, 3.05) is 32.6 Å². The number of carbonyl (C=O) groups is 1. The van der Waals surface area contributed by atoms with Crippen LogP contribution >= 0.6 is 0 Å². The molecule has 1 aliphatic rings. The lowest BCUT2D eigenvalue weighted by Gasteiger charge is -2.31. The minimum atomic E-state index is -3.26. The molecule has 7 nitrogen and oxygen atoms in total. The van der Waals surface area contributed by atoms with Crippen LogP contribution in [-0.4, -0.2) is 62.2 Å². The third-order valence-corrected chi connectivity index (χ3v) is 5.49. The van der Waals surface area contributed by atoms with E-state index < -0.39 is 10.0 Å². The number of nitrogens with one attached hydrogen (secondary N) is 1. The molecule has 2 heterocycles. The second-order valence-corrected chi connectivity index (χ2v) is 7.29. The van der Waals surface area contributed by atoms with Crippen molar-refractivity contribution in [3.8, 4) is 0 Å². The fourth-order valence-corrected chi connectivity index (χ4v) is 3.76. The molecule has 2 rings (SSSR count). The number of pyridine rings is 1. The fourth-order valence-electron chi connectivity index (χ4n) is 2.36. The Labute approximate surface area is 130 Å². The van der Waals surface area contributed by atoms with E-state index in [4.69, 9.17) is 4.74 Å². The predicted molar refractivity (Wildman–Crippen MR) is 82.0 cm³/mol. The van der Waals surface area contributed by atoms with E-state index in [0.717, 1.165) is 0 Å². The number of hydrogen-bond acceptors (Lipinski definition) is 5. The van der Waals surface area contributed by atoms with Crippen molar-refractivity contribution < 1.29 is 17.9 Å². The van der Waals surface area contributed by atoms with Gasteiger partial charge in [-0.25, -0.2) is 12.7 Å². The highest BCUT2D eigenvalue weighted by molar-refractivity contribution is 7.89. The van der Waals surface area contributed by atoms with E-state index in [2.05, 4.69) is 10.3 Å². The van der Waals surface area contributed by atoms with Crippen LogP contribution in [0.15, 0.2) is 24.5 Å². The van der Waals surface area contributed by atoms with E-state index in [1.807, 2.05) is 0 Å². The van der Waals surface area contributed by atoms with Gasteiger partial charge < -0.3 is 10.1 Å². The summed E-state index contributed by atoms with van der Waals surface area (Å²) in [6.45, 7) is 1.04. The van der Waals surface area contributed by atoms with Gasteiger partial charge in [0.05, 0.1) is 17.9 Å². The Morgan fingerprint density at radius 3 is 2.77 bits per heavy atom. The first-order chi connectivity index (χ1) is 10.5. The van der Waals surface area contributed by atoms with E-state index in [9.17, 15) is 13.2 Å². The fraction of sp³-hybridized carbons (Fsp3) is 0.571. The number of sulfonamides is 1. The minimum Gasteiger partial charge on any atom is -0.384 e. The van der Waals surface area contributed by atoms with Crippen LogP contribution in [0.5, 0.6) is 0 Å². The lowest BCUT2D eigenvalue weighted by molar-refractivity contribution is 0.0923. The molecule has 1 N–H and O–H groups in total. The molecule has 1 saturated heterocycles. The maximum absolute atomic E-state index is 12.0. The van der Waals surface area contributed by atoms with Crippen LogP contribution in [0.1, 0.15) is 23.2 Å². The zero-order valence-electron chi connectivity index (χ0n) is 12.6. The first-order valence-electron chi connectivity index (χ1n) is 7.20. The van der Waals surface area contributed by atoms with Crippen LogP contribution in [0.25, 0.3) is 0 Å². The molecule has 0 aliphatic carbocycles. The first-order valence-corrected chi connectivity index (χ1v) is 8.81. The number of methoxy groups -OCH3 is 1. The summed E-state index contributed by atoms with van der Waals surface area (Å²) in [5.74, 6) is -0.176. The van der Waals surface area contributed by atoms with Crippen molar-refractivity contribution in [2.45, 2.75) is 18.9 Å². The maximum atomic E-state index is 12.0.